The molecule has 0 spiro atoms. The number of allylic oxidation sites excluding steroid dienone is 6. The first-order chi connectivity index (χ1) is 20.9. The zero-order chi connectivity index (χ0) is 33.5. The van der Waals surface area contributed by atoms with E-state index in [1.54, 1.807) is 0 Å². The van der Waals surface area contributed by atoms with E-state index in [2.05, 4.69) is 33.8 Å². The van der Waals surface area contributed by atoms with Crippen LogP contribution in [0.5, 0.6) is 0 Å². The van der Waals surface area contributed by atoms with Gasteiger partial charge in [0.15, 0.2) is 12.1 Å². The standard InChI is InChI=1S/C37H56O8/c1-21(2)13-14-27(45-34-33(42)32(41)26(40)20-43-34)22(3)11-10-12-23(4)31-25(39)19-29-36(8)18-16-30(44-24(5)38)35(6,7)28(36)15-17-37(29,31)9/h10-13,26-30,32-34,40-42H,14-20H2,1-9H3/b12-10+,22-11+,31-23-/t26-,27?,28?,29-,30+,32?,33-,34-,36-,37-/m0/s1. The number of aliphatic hydroxyl groups is 3. The molecule has 4 aliphatic rings. The molecule has 1 aliphatic heterocycles. The predicted octanol–water partition coefficient (Wildman–Crippen LogP) is 5.75. The van der Waals surface area contributed by atoms with E-state index < -0.39 is 30.7 Å². The first-order valence-corrected chi connectivity index (χ1v) is 16.6. The normalized spacial score (nSPS) is 40.0. The molecular formula is C37H56O8. The predicted molar refractivity (Wildman–Crippen MR) is 173 cm³/mol. The highest BCUT2D eigenvalue weighted by atomic mass is 16.7. The van der Waals surface area contributed by atoms with Crippen LogP contribution in [0.25, 0.3) is 0 Å². The van der Waals surface area contributed by atoms with Crippen molar-refractivity contribution in [1.82, 2.24) is 0 Å². The van der Waals surface area contributed by atoms with Crippen LogP contribution >= 0.6 is 0 Å². The zero-order valence-electron chi connectivity index (χ0n) is 28.8. The van der Waals surface area contributed by atoms with Gasteiger partial charge in [-0.15, -0.1) is 0 Å². The van der Waals surface area contributed by atoms with Crippen molar-refractivity contribution < 1.29 is 39.1 Å². The lowest BCUT2D eigenvalue weighted by atomic mass is 9.43. The van der Waals surface area contributed by atoms with Gasteiger partial charge in [0.25, 0.3) is 0 Å². The van der Waals surface area contributed by atoms with Crippen LogP contribution in [-0.4, -0.2) is 70.5 Å². The van der Waals surface area contributed by atoms with Crippen molar-refractivity contribution in [3.8, 4) is 0 Å². The molecule has 3 N–H and O–H groups in total. The Morgan fingerprint density at radius 3 is 2.33 bits per heavy atom. The third-order valence-electron chi connectivity index (χ3n) is 11.6. The van der Waals surface area contributed by atoms with Crippen molar-refractivity contribution in [3.05, 3.63) is 46.6 Å². The highest BCUT2D eigenvalue weighted by Gasteiger charge is 2.65. The lowest BCUT2D eigenvalue weighted by Gasteiger charge is -2.62. The fourth-order valence-corrected chi connectivity index (χ4v) is 9.26. The molecule has 0 radical (unpaired) electrons. The third kappa shape index (κ3) is 6.96. The zero-order valence-corrected chi connectivity index (χ0v) is 28.8. The minimum Gasteiger partial charge on any atom is -0.462 e. The Morgan fingerprint density at radius 2 is 1.69 bits per heavy atom. The smallest absolute Gasteiger partial charge is 0.302 e. The molecule has 3 aliphatic carbocycles. The number of hydrogen-bond donors (Lipinski definition) is 3. The van der Waals surface area contributed by atoms with Gasteiger partial charge in [0.2, 0.25) is 0 Å². The van der Waals surface area contributed by atoms with E-state index in [1.165, 1.54) is 6.92 Å². The average Bonchev–Trinajstić information content (AvgIpc) is 3.23. The molecule has 45 heavy (non-hydrogen) atoms. The molecule has 1 heterocycles. The van der Waals surface area contributed by atoms with E-state index in [0.29, 0.717) is 18.8 Å². The average molecular weight is 629 g/mol. The third-order valence-corrected chi connectivity index (χ3v) is 11.6. The molecule has 0 amide bonds. The first-order valence-electron chi connectivity index (χ1n) is 16.6. The molecule has 252 valence electrons. The molecule has 0 aromatic rings. The van der Waals surface area contributed by atoms with E-state index >= 15 is 0 Å². The molecule has 1 saturated heterocycles. The second-order valence-corrected chi connectivity index (χ2v) is 15.4. The van der Waals surface area contributed by atoms with Gasteiger partial charge in [0.05, 0.1) is 12.7 Å². The highest BCUT2D eigenvalue weighted by molar-refractivity contribution is 6.00. The van der Waals surface area contributed by atoms with Gasteiger partial charge >= 0.3 is 5.97 Å². The van der Waals surface area contributed by atoms with Crippen LogP contribution in [-0.2, 0) is 23.8 Å². The Bertz CT molecular complexity index is 1250. The van der Waals surface area contributed by atoms with Crippen molar-refractivity contribution in [1.29, 1.82) is 0 Å². The number of aliphatic hydroxyl groups excluding tert-OH is 3. The molecule has 8 heteroatoms. The summed E-state index contributed by atoms with van der Waals surface area (Å²) in [4.78, 5) is 25.6. The summed E-state index contributed by atoms with van der Waals surface area (Å²) >= 11 is 0. The molecule has 3 unspecified atom stereocenters. The SMILES string of the molecule is CC(=O)O[C@@H]1CC[C@@]2(C)C(CC[C@]3(C)\C(=C(C)/C=C/C=C(\C)C(CC=C(C)C)O[C@@H]4OC[C@H](O)C(O)[C@@H]4O)C(=O)C[C@@H]23)C1(C)C. The first kappa shape index (κ1) is 35.7. The molecule has 0 bridgehead atoms. The number of fused-ring (bicyclic) bond motifs is 3. The largest absolute Gasteiger partial charge is 0.462 e. The van der Waals surface area contributed by atoms with Gasteiger partial charge in [-0.3, -0.25) is 9.59 Å². The Labute approximate surface area is 269 Å². The second-order valence-electron chi connectivity index (χ2n) is 15.4. The molecule has 0 aromatic heterocycles. The maximum absolute atomic E-state index is 13.8. The van der Waals surface area contributed by atoms with Crippen LogP contribution in [0.1, 0.15) is 101 Å². The van der Waals surface area contributed by atoms with Gasteiger partial charge in [0.1, 0.15) is 24.4 Å². The van der Waals surface area contributed by atoms with E-state index in [9.17, 15) is 24.9 Å². The van der Waals surface area contributed by atoms with Crippen LogP contribution in [0.3, 0.4) is 0 Å². The quantitative estimate of drug-likeness (QED) is 0.134. The van der Waals surface area contributed by atoms with Gasteiger partial charge in [-0.05, 0) is 88.2 Å². The maximum atomic E-state index is 13.8. The Hall–Kier alpha value is -2.10. The lowest BCUT2D eigenvalue weighted by Crippen LogP contribution is -2.58. The number of ketones is 1. The Kier molecular flexibility index (Phi) is 10.8. The molecule has 0 aromatic carbocycles. The monoisotopic (exact) mass is 628 g/mol. The molecule has 10 atom stereocenters. The van der Waals surface area contributed by atoms with Crippen molar-refractivity contribution in [2.24, 2.45) is 28.1 Å². The van der Waals surface area contributed by atoms with Gasteiger partial charge in [-0.25, -0.2) is 0 Å². The Balaban J connectivity index is 1.55. The second kappa shape index (κ2) is 13.6. The molecule has 3 saturated carbocycles. The van der Waals surface area contributed by atoms with Crippen LogP contribution in [0.15, 0.2) is 46.6 Å². The maximum Gasteiger partial charge on any atom is 0.302 e. The minimum absolute atomic E-state index is 0.0179. The fraction of sp³-hybridized carbons (Fsp3) is 0.730. The van der Waals surface area contributed by atoms with Gasteiger partial charge < -0.3 is 29.5 Å². The van der Waals surface area contributed by atoms with Crippen LogP contribution in [0.2, 0.25) is 0 Å². The van der Waals surface area contributed by atoms with Gasteiger partial charge in [-0.1, -0.05) is 57.6 Å². The minimum atomic E-state index is -1.36. The number of esters is 1. The van der Waals surface area contributed by atoms with Crippen molar-refractivity contribution in [2.45, 2.75) is 138 Å². The number of Topliss-reactive ketones (excluding diaryl/α,β-unsaturated/α-hetero) is 1. The summed E-state index contributed by atoms with van der Waals surface area (Å²) in [5, 5.41) is 30.4. The molecule has 4 fully saturated rings. The van der Waals surface area contributed by atoms with E-state index in [0.717, 1.165) is 48.0 Å². The topological polar surface area (TPSA) is 123 Å². The summed E-state index contributed by atoms with van der Waals surface area (Å²) in [6.45, 7) is 18.5. The van der Waals surface area contributed by atoms with Crippen molar-refractivity contribution in [2.75, 3.05) is 6.61 Å². The van der Waals surface area contributed by atoms with Gasteiger partial charge in [0, 0.05) is 29.7 Å². The summed E-state index contributed by atoms with van der Waals surface area (Å²) in [7, 11) is 0. The van der Waals surface area contributed by atoms with Crippen LogP contribution in [0, 0.1) is 28.1 Å². The lowest BCUT2D eigenvalue weighted by molar-refractivity contribution is -0.278. The summed E-state index contributed by atoms with van der Waals surface area (Å²) in [6.07, 6.45) is 7.33. The molecular weight excluding hydrogens is 572 g/mol. The summed E-state index contributed by atoms with van der Waals surface area (Å²) in [6, 6.07) is 0. The number of rotatable bonds is 8. The van der Waals surface area contributed by atoms with Gasteiger partial charge in [-0.2, -0.15) is 0 Å². The summed E-state index contributed by atoms with van der Waals surface area (Å²) < 4.78 is 17.4. The summed E-state index contributed by atoms with van der Waals surface area (Å²) in [5.41, 5.74) is 3.56. The number of hydrogen-bond acceptors (Lipinski definition) is 8. The Morgan fingerprint density at radius 1 is 1.00 bits per heavy atom. The highest BCUT2D eigenvalue weighted by Crippen LogP contribution is 2.69. The van der Waals surface area contributed by atoms with Crippen molar-refractivity contribution in [3.63, 3.8) is 0 Å². The summed E-state index contributed by atoms with van der Waals surface area (Å²) in [5.74, 6) is 0.616. The van der Waals surface area contributed by atoms with Crippen LogP contribution < -0.4 is 0 Å². The fourth-order valence-electron chi connectivity index (χ4n) is 9.26. The van der Waals surface area contributed by atoms with Crippen molar-refractivity contribution >= 4 is 11.8 Å². The molecule has 8 nitrogen and oxygen atoms in total. The van der Waals surface area contributed by atoms with Crippen LogP contribution in [0.4, 0.5) is 0 Å². The van der Waals surface area contributed by atoms with E-state index in [1.807, 2.05) is 45.9 Å². The number of ether oxygens (including phenoxy) is 3. The van der Waals surface area contributed by atoms with E-state index in [-0.39, 0.29) is 46.6 Å². The number of carbonyl (C=O) groups is 2. The molecule has 4 rings (SSSR count). The number of carbonyl (C=O) groups excluding carboxylic acids is 2. The van der Waals surface area contributed by atoms with E-state index in [4.69, 9.17) is 14.2 Å².